The van der Waals surface area contributed by atoms with E-state index in [1.165, 1.54) is 0 Å². The topological polar surface area (TPSA) is 44.1 Å². The number of carbonyl (C=O) groups is 1. The van der Waals surface area contributed by atoms with Gasteiger partial charge in [0, 0.05) is 13.0 Å². The minimum absolute atomic E-state index is 0.0448. The normalized spacial score (nSPS) is 17.6. The molecule has 1 amide bonds. The third kappa shape index (κ3) is 2.30. The number of benzene rings is 1. The average molecular weight is 254 g/mol. The van der Waals surface area contributed by atoms with Crippen molar-refractivity contribution in [1.29, 1.82) is 5.26 Å². The van der Waals surface area contributed by atoms with E-state index >= 15 is 0 Å². The van der Waals surface area contributed by atoms with Gasteiger partial charge in [-0.1, -0.05) is 0 Å². The molecule has 0 N–H and O–H groups in total. The number of nitrogens with zero attached hydrogens (tertiary/aromatic N) is 2. The molecule has 2 rings (SSSR count). The number of likely N-dealkylation sites (tertiary alicyclic amines) is 1. The van der Waals surface area contributed by atoms with Crippen LogP contribution in [-0.2, 0) is 0 Å². The Bertz CT molecular complexity index is 537. The molecular formula is C12H9F3N2O. The molecular weight excluding hydrogens is 245 g/mol. The Kier molecular flexibility index (Phi) is 2.99. The van der Waals surface area contributed by atoms with Gasteiger partial charge in [-0.2, -0.15) is 5.26 Å². The Balaban J connectivity index is 2.28. The zero-order valence-corrected chi connectivity index (χ0v) is 9.29. The molecule has 0 bridgehead atoms. The van der Waals surface area contributed by atoms with Crippen LogP contribution in [0.15, 0.2) is 18.2 Å². The Morgan fingerprint density at radius 3 is 2.72 bits per heavy atom. The first-order chi connectivity index (χ1) is 8.43. The van der Waals surface area contributed by atoms with Crippen LogP contribution < -0.4 is 0 Å². The van der Waals surface area contributed by atoms with E-state index in [9.17, 15) is 18.0 Å². The maximum atomic E-state index is 13.0. The maximum absolute atomic E-state index is 13.0. The van der Waals surface area contributed by atoms with Crippen LogP contribution in [0.4, 0.5) is 13.2 Å². The maximum Gasteiger partial charge on any atom is 0.267 e. The molecule has 18 heavy (non-hydrogen) atoms. The van der Waals surface area contributed by atoms with Crippen molar-refractivity contribution in [2.45, 2.75) is 12.3 Å². The molecule has 0 unspecified atom stereocenters. The summed E-state index contributed by atoms with van der Waals surface area (Å²) in [5.41, 5.74) is -0.188. The van der Waals surface area contributed by atoms with E-state index in [0.717, 1.165) is 23.1 Å². The number of rotatable bonds is 1. The van der Waals surface area contributed by atoms with Gasteiger partial charge in [0.25, 0.3) is 11.8 Å². The molecule has 1 fully saturated rings. The Hall–Kier alpha value is -2.03. The summed E-state index contributed by atoms with van der Waals surface area (Å²) < 4.78 is 38.9. The summed E-state index contributed by atoms with van der Waals surface area (Å²) in [6, 6.07) is 4.78. The van der Waals surface area contributed by atoms with E-state index in [1.807, 2.05) is 0 Å². The second-order valence-electron chi connectivity index (χ2n) is 4.13. The van der Waals surface area contributed by atoms with Crippen LogP contribution in [0, 0.1) is 17.1 Å². The van der Waals surface area contributed by atoms with E-state index in [-0.39, 0.29) is 24.1 Å². The van der Waals surface area contributed by atoms with Crippen LogP contribution in [-0.4, -0.2) is 29.8 Å². The zero-order chi connectivity index (χ0) is 13.3. The summed E-state index contributed by atoms with van der Waals surface area (Å²) in [4.78, 5) is 12.9. The van der Waals surface area contributed by atoms with Crippen molar-refractivity contribution >= 4 is 5.91 Å². The molecule has 94 valence electrons. The first-order valence-corrected chi connectivity index (χ1v) is 5.30. The predicted molar refractivity (Wildman–Crippen MR) is 56.6 cm³/mol. The summed E-state index contributed by atoms with van der Waals surface area (Å²) in [7, 11) is 0. The van der Waals surface area contributed by atoms with E-state index in [4.69, 9.17) is 5.26 Å². The molecule has 3 nitrogen and oxygen atoms in total. The monoisotopic (exact) mass is 254 g/mol. The first-order valence-electron chi connectivity index (χ1n) is 5.30. The van der Waals surface area contributed by atoms with E-state index in [1.54, 1.807) is 6.07 Å². The van der Waals surface area contributed by atoms with Gasteiger partial charge in [0.1, 0.15) is 11.9 Å². The molecule has 0 aliphatic carbocycles. The third-order valence-electron chi connectivity index (χ3n) is 2.79. The minimum atomic E-state index is -2.89. The molecule has 1 aliphatic rings. The Morgan fingerprint density at radius 1 is 1.44 bits per heavy atom. The highest BCUT2D eigenvalue weighted by atomic mass is 19.3. The SMILES string of the molecule is N#Cc1cc(F)ccc1C(=O)N1CCC(F)(F)C1. The van der Waals surface area contributed by atoms with Gasteiger partial charge in [0.05, 0.1) is 17.7 Å². The highest BCUT2D eigenvalue weighted by molar-refractivity contribution is 5.96. The van der Waals surface area contributed by atoms with Crippen molar-refractivity contribution in [2.75, 3.05) is 13.1 Å². The van der Waals surface area contributed by atoms with Crippen LogP contribution in [0.2, 0.25) is 0 Å². The number of amides is 1. The molecule has 0 aromatic heterocycles. The molecule has 1 aromatic carbocycles. The summed E-state index contributed by atoms with van der Waals surface area (Å²) in [6.45, 7) is -0.720. The van der Waals surface area contributed by atoms with Crippen molar-refractivity contribution in [3.63, 3.8) is 0 Å². The number of nitriles is 1. The number of carbonyl (C=O) groups excluding carboxylic acids is 1. The summed E-state index contributed by atoms with van der Waals surface area (Å²) in [5.74, 6) is -4.19. The summed E-state index contributed by atoms with van der Waals surface area (Å²) in [6.07, 6.45) is -0.387. The number of alkyl halides is 2. The fraction of sp³-hybridized carbons (Fsp3) is 0.333. The van der Waals surface area contributed by atoms with Crippen LogP contribution in [0.1, 0.15) is 22.3 Å². The fourth-order valence-electron chi connectivity index (χ4n) is 1.88. The summed E-state index contributed by atoms with van der Waals surface area (Å²) in [5, 5.41) is 8.80. The molecule has 1 aliphatic heterocycles. The molecule has 0 radical (unpaired) electrons. The van der Waals surface area contributed by atoms with Crippen LogP contribution in [0.3, 0.4) is 0 Å². The van der Waals surface area contributed by atoms with Crippen LogP contribution >= 0.6 is 0 Å². The van der Waals surface area contributed by atoms with Gasteiger partial charge in [-0.3, -0.25) is 4.79 Å². The van der Waals surface area contributed by atoms with Crippen LogP contribution in [0.5, 0.6) is 0 Å². The smallest absolute Gasteiger partial charge is 0.267 e. The van der Waals surface area contributed by atoms with Crippen molar-refractivity contribution in [3.05, 3.63) is 35.1 Å². The van der Waals surface area contributed by atoms with Gasteiger partial charge in [0.15, 0.2) is 0 Å². The third-order valence-corrected chi connectivity index (χ3v) is 2.79. The van der Waals surface area contributed by atoms with Gasteiger partial charge >= 0.3 is 0 Å². The average Bonchev–Trinajstić information content (AvgIpc) is 2.68. The highest BCUT2D eigenvalue weighted by Crippen LogP contribution is 2.28. The summed E-state index contributed by atoms with van der Waals surface area (Å²) >= 11 is 0. The van der Waals surface area contributed by atoms with E-state index in [0.29, 0.717) is 0 Å². The Morgan fingerprint density at radius 2 is 2.17 bits per heavy atom. The number of hydrogen-bond acceptors (Lipinski definition) is 2. The van der Waals surface area contributed by atoms with Gasteiger partial charge in [-0.15, -0.1) is 0 Å². The minimum Gasteiger partial charge on any atom is -0.332 e. The van der Waals surface area contributed by atoms with E-state index < -0.39 is 24.2 Å². The lowest BCUT2D eigenvalue weighted by atomic mass is 10.1. The predicted octanol–water partition coefficient (Wildman–Crippen LogP) is 2.18. The molecule has 1 heterocycles. The fourth-order valence-corrected chi connectivity index (χ4v) is 1.88. The van der Waals surface area contributed by atoms with Crippen molar-refractivity contribution in [3.8, 4) is 6.07 Å². The molecule has 1 aromatic rings. The lowest BCUT2D eigenvalue weighted by molar-refractivity contribution is 0.0120. The van der Waals surface area contributed by atoms with Gasteiger partial charge in [-0.05, 0) is 18.2 Å². The second kappa shape index (κ2) is 4.33. The lowest BCUT2D eigenvalue weighted by Crippen LogP contribution is -2.31. The highest BCUT2D eigenvalue weighted by Gasteiger charge is 2.40. The Labute approximate surface area is 101 Å². The van der Waals surface area contributed by atoms with E-state index in [2.05, 4.69) is 0 Å². The van der Waals surface area contributed by atoms with Crippen molar-refractivity contribution < 1.29 is 18.0 Å². The first kappa shape index (κ1) is 12.4. The van der Waals surface area contributed by atoms with Crippen molar-refractivity contribution in [2.24, 2.45) is 0 Å². The lowest BCUT2D eigenvalue weighted by Gasteiger charge is -2.16. The van der Waals surface area contributed by atoms with Gasteiger partial charge in [-0.25, -0.2) is 13.2 Å². The standard InChI is InChI=1S/C12H9F3N2O/c13-9-1-2-10(8(5-9)6-16)11(18)17-4-3-12(14,15)7-17/h1-2,5H,3-4,7H2. The van der Waals surface area contributed by atoms with Crippen molar-refractivity contribution in [1.82, 2.24) is 4.90 Å². The molecule has 0 atom stereocenters. The van der Waals surface area contributed by atoms with Gasteiger partial charge < -0.3 is 4.90 Å². The number of hydrogen-bond donors (Lipinski definition) is 0. The number of halogens is 3. The zero-order valence-electron chi connectivity index (χ0n) is 9.29. The molecule has 6 heteroatoms. The molecule has 0 spiro atoms. The van der Waals surface area contributed by atoms with Gasteiger partial charge in [0.2, 0.25) is 0 Å². The molecule has 0 saturated carbocycles. The quantitative estimate of drug-likeness (QED) is 0.771. The van der Waals surface area contributed by atoms with Crippen LogP contribution in [0.25, 0.3) is 0 Å². The molecule has 1 saturated heterocycles. The largest absolute Gasteiger partial charge is 0.332 e. The second-order valence-corrected chi connectivity index (χ2v) is 4.13.